The van der Waals surface area contributed by atoms with Crippen LogP contribution in [0.25, 0.3) is 0 Å². The minimum absolute atomic E-state index is 0.0746. The first-order valence-corrected chi connectivity index (χ1v) is 13.1. The summed E-state index contributed by atoms with van der Waals surface area (Å²) in [6, 6.07) is 20.6. The average Bonchev–Trinajstić information content (AvgIpc) is 3.21. The number of hydrogen-bond donors (Lipinski definition) is 0. The van der Waals surface area contributed by atoms with Crippen molar-refractivity contribution < 1.29 is 28.7 Å². The molecule has 9 heteroatoms. The van der Waals surface area contributed by atoms with Gasteiger partial charge >= 0.3 is 5.97 Å². The first-order valence-electron chi connectivity index (χ1n) is 12.7. The Balaban J connectivity index is 1.38. The molecule has 8 nitrogen and oxygen atoms in total. The summed E-state index contributed by atoms with van der Waals surface area (Å²) in [7, 11) is 0. The summed E-state index contributed by atoms with van der Waals surface area (Å²) >= 11 is 6.26. The molecule has 3 aromatic rings. The smallest absolute Gasteiger partial charge is 0.343 e. The molecule has 2 fully saturated rings. The first-order chi connectivity index (χ1) is 18.8. The van der Waals surface area contributed by atoms with Crippen molar-refractivity contribution in [1.82, 2.24) is 10.0 Å². The molecule has 0 unspecified atom stereocenters. The lowest BCUT2D eigenvalue weighted by atomic mass is 9.81. The second-order valence-electron chi connectivity index (χ2n) is 9.53. The highest BCUT2D eigenvalue weighted by atomic mass is 35.5. The fraction of sp³-hybridized carbons (Fsp3) is 0.233. The van der Waals surface area contributed by atoms with E-state index in [0.29, 0.717) is 18.4 Å². The number of ketones is 1. The number of benzene rings is 3. The van der Waals surface area contributed by atoms with Crippen molar-refractivity contribution in [2.75, 3.05) is 6.54 Å². The Morgan fingerprint density at radius 3 is 2.00 bits per heavy atom. The number of nitrogens with zero attached hydrogens (tertiary/aromatic N) is 2. The molecule has 198 valence electrons. The molecule has 2 aliphatic rings. The van der Waals surface area contributed by atoms with Gasteiger partial charge in [-0.3, -0.25) is 19.2 Å². The van der Waals surface area contributed by atoms with Crippen molar-refractivity contribution in [2.45, 2.75) is 25.7 Å². The molecule has 0 radical (unpaired) electrons. The van der Waals surface area contributed by atoms with Crippen molar-refractivity contribution in [3.63, 3.8) is 0 Å². The van der Waals surface area contributed by atoms with Crippen LogP contribution < -0.4 is 4.74 Å². The Bertz CT molecular complexity index is 1420. The normalized spacial score (nSPS) is 18.4. The fourth-order valence-corrected chi connectivity index (χ4v) is 5.28. The molecule has 3 amide bonds. The number of hydrazine groups is 1. The second-order valence-corrected chi connectivity index (χ2v) is 9.94. The van der Waals surface area contributed by atoms with E-state index in [1.165, 1.54) is 36.4 Å². The molecule has 39 heavy (non-hydrogen) atoms. The summed E-state index contributed by atoms with van der Waals surface area (Å²) in [5.74, 6) is -3.48. The predicted octanol–water partition coefficient (Wildman–Crippen LogP) is 4.97. The molecule has 2 atom stereocenters. The molecule has 5 rings (SSSR count). The van der Waals surface area contributed by atoms with Gasteiger partial charge in [0.25, 0.3) is 17.7 Å². The number of hydrogen-bond acceptors (Lipinski definition) is 6. The number of halogens is 1. The third-order valence-electron chi connectivity index (χ3n) is 7.09. The molecule has 1 saturated carbocycles. The van der Waals surface area contributed by atoms with Gasteiger partial charge in [0, 0.05) is 5.56 Å². The SMILES string of the molecule is O=C(CN(C(=O)c1ccccc1Cl)N1C(=O)[C@@H]2CCCC[C@H]2C1=O)c1ccc(OC(=O)c2ccccc2)cc1. The third-order valence-corrected chi connectivity index (χ3v) is 7.42. The molecule has 0 aromatic heterocycles. The number of amides is 3. The van der Waals surface area contributed by atoms with Gasteiger partial charge in [-0.15, -0.1) is 0 Å². The van der Waals surface area contributed by atoms with E-state index < -0.39 is 47.9 Å². The fourth-order valence-electron chi connectivity index (χ4n) is 5.07. The molecule has 0 spiro atoms. The Hall–Kier alpha value is -4.30. The maximum atomic E-state index is 13.6. The third kappa shape index (κ3) is 5.33. The van der Waals surface area contributed by atoms with Gasteiger partial charge in [-0.25, -0.2) is 9.80 Å². The van der Waals surface area contributed by atoms with E-state index in [-0.39, 0.29) is 21.9 Å². The minimum Gasteiger partial charge on any atom is -0.423 e. The van der Waals surface area contributed by atoms with Gasteiger partial charge in [0.15, 0.2) is 5.78 Å². The summed E-state index contributed by atoms with van der Waals surface area (Å²) in [6.07, 6.45) is 2.78. The molecule has 1 aliphatic heterocycles. The standard InChI is InChI=1S/C30H25ClN2O6/c31-25-13-7-6-12-24(25)27(35)32(33-28(36)22-10-4-5-11-23(22)29(33)37)18-26(34)19-14-16-21(17-15-19)39-30(38)20-8-2-1-3-9-20/h1-3,6-9,12-17,22-23H,4-5,10-11,18H2/t22-,23-/m1/s1. The van der Waals surface area contributed by atoms with E-state index in [1.807, 2.05) is 0 Å². The highest BCUT2D eigenvalue weighted by molar-refractivity contribution is 6.34. The van der Waals surface area contributed by atoms with Crippen LogP contribution in [-0.2, 0) is 9.59 Å². The van der Waals surface area contributed by atoms with Crippen molar-refractivity contribution in [2.24, 2.45) is 11.8 Å². The van der Waals surface area contributed by atoms with Crippen LogP contribution in [0, 0.1) is 11.8 Å². The largest absolute Gasteiger partial charge is 0.423 e. The maximum absolute atomic E-state index is 13.6. The van der Waals surface area contributed by atoms with E-state index in [2.05, 4.69) is 0 Å². The summed E-state index contributed by atoms with van der Waals surface area (Å²) in [5, 5.41) is 1.90. The van der Waals surface area contributed by atoms with Crippen molar-refractivity contribution in [3.8, 4) is 5.75 Å². The summed E-state index contributed by atoms with van der Waals surface area (Å²) in [5.41, 5.74) is 0.667. The van der Waals surface area contributed by atoms with Gasteiger partial charge < -0.3 is 4.74 Å². The quantitative estimate of drug-likeness (QED) is 0.180. The molecule has 0 bridgehead atoms. The monoisotopic (exact) mass is 544 g/mol. The number of ether oxygens (including phenoxy) is 1. The van der Waals surface area contributed by atoms with Crippen LogP contribution in [0.4, 0.5) is 0 Å². The van der Waals surface area contributed by atoms with E-state index in [0.717, 1.165) is 22.9 Å². The van der Waals surface area contributed by atoms with E-state index in [4.69, 9.17) is 16.3 Å². The zero-order chi connectivity index (χ0) is 27.5. The molecule has 3 aromatic carbocycles. The van der Waals surface area contributed by atoms with Crippen molar-refractivity contribution in [1.29, 1.82) is 0 Å². The Morgan fingerprint density at radius 1 is 0.795 bits per heavy atom. The Kier molecular flexibility index (Phi) is 7.56. The van der Waals surface area contributed by atoms with Crippen LogP contribution >= 0.6 is 11.6 Å². The zero-order valence-corrected chi connectivity index (χ0v) is 21.7. The van der Waals surface area contributed by atoms with E-state index >= 15 is 0 Å². The minimum atomic E-state index is -0.720. The van der Waals surface area contributed by atoms with E-state index in [9.17, 15) is 24.0 Å². The number of carbonyl (C=O) groups excluding carboxylic acids is 5. The zero-order valence-electron chi connectivity index (χ0n) is 20.9. The number of fused-ring (bicyclic) bond motifs is 1. The van der Waals surface area contributed by atoms with Gasteiger partial charge in [-0.05, 0) is 61.4 Å². The first kappa shape index (κ1) is 26.3. The Morgan fingerprint density at radius 2 is 1.38 bits per heavy atom. The van der Waals surface area contributed by atoms with Gasteiger partial charge in [-0.1, -0.05) is 54.8 Å². The molecular weight excluding hydrogens is 520 g/mol. The lowest BCUT2D eigenvalue weighted by Gasteiger charge is -2.30. The Labute approximate surface area is 230 Å². The van der Waals surface area contributed by atoms with Gasteiger partial charge in [-0.2, -0.15) is 5.01 Å². The van der Waals surface area contributed by atoms with Crippen LogP contribution in [0.1, 0.15) is 56.8 Å². The molecule has 1 aliphatic carbocycles. The van der Waals surface area contributed by atoms with Gasteiger partial charge in [0.05, 0.1) is 28.0 Å². The van der Waals surface area contributed by atoms with E-state index in [1.54, 1.807) is 42.5 Å². The molecule has 1 heterocycles. The molecular formula is C30H25ClN2O6. The van der Waals surface area contributed by atoms with Crippen LogP contribution in [0.5, 0.6) is 5.75 Å². The predicted molar refractivity (Wildman–Crippen MR) is 142 cm³/mol. The average molecular weight is 545 g/mol. The van der Waals surface area contributed by atoms with Crippen LogP contribution in [0.2, 0.25) is 5.02 Å². The van der Waals surface area contributed by atoms with Crippen molar-refractivity contribution in [3.05, 3.63) is 101 Å². The number of rotatable bonds is 7. The van der Waals surface area contributed by atoms with Crippen molar-refractivity contribution >= 4 is 41.1 Å². The number of imide groups is 1. The second kappa shape index (κ2) is 11.2. The molecule has 1 saturated heterocycles. The van der Waals surface area contributed by atoms with Crippen LogP contribution in [-0.4, -0.2) is 46.0 Å². The van der Waals surface area contributed by atoms with Crippen LogP contribution in [0.15, 0.2) is 78.9 Å². The number of Topliss-reactive ketones (excluding diaryl/α,β-unsaturated/α-hetero) is 1. The number of carbonyl (C=O) groups is 5. The number of esters is 1. The highest BCUT2D eigenvalue weighted by Crippen LogP contribution is 2.39. The lowest BCUT2D eigenvalue weighted by molar-refractivity contribution is -0.154. The van der Waals surface area contributed by atoms with Gasteiger partial charge in [0.2, 0.25) is 0 Å². The molecule has 0 N–H and O–H groups in total. The lowest BCUT2D eigenvalue weighted by Crippen LogP contribution is -2.52. The van der Waals surface area contributed by atoms with Gasteiger partial charge in [0.1, 0.15) is 12.3 Å². The summed E-state index contributed by atoms with van der Waals surface area (Å²) in [4.78, 5) is 65.9. The topological polar surface area (TPSA) is 101 Å². The maximum Gasteiger partial charge on any atom is 0.343 e. The van der Waals surface area contributed by atoms with Crippen LogP contribution in [0.3, 0.4) is 0 Å². The summed E-state index contributed by atoms with van der Waals surface area (Å²) in [6.45, 7) is -0.551. The summed E-state index contributed by atoms with van der Waals surface area (Å²) < 4.78 is 5.36. The highest BCUT2D eigenvalue weighted by Gasteiger charge is 2.52.